The first kappa shape index (κ1) is 16.4. The van der Waals surface area contributed by atoms with E-state index in [1.165, 1.54) is 0 Å². The van der Waals surface area contributed by atoms with Gasteiger partial charge in [-0.15, -0.1) is 0 Å². The van der Waals surface area contributed by atoms with Crippen LogP contribution in [-0.2, 0) is 4.74 Å². The first-order chi connectivity index (χ1) is 10.0. The highest BCUT2D eigenvalue weighted by Crippen LogP contribution is 2.23. The van der Waals surface area contributed by atoms with Gasteiger partial charge in [0.05, 0.1) is 6.10 Å². The zero-order valence-electron chi connectivity index (χ0n) is 13.9. The van der Waals surface area contributed by atoms with Crippen LogP contribution in [0.25, 0.3) is 0 Å². The molecule has 21 heavy (non-hydrogen) atoms. The van der Waals surface area contributed by atoms with Crippen molar-refractivity contribution in [2.45, 2.75) is 39.3 Å². The highest BCUT2D eigenvalue weighted by atomic mass is 16.5. The van der Waals surface area contributed by atoms with Crippen LogP contribution in [0, 0.1) is 12.8 Å². The maximum absolute atomic E-state index is 5.67. The Kier molecular flexibility index (Phi) is 5.72. The molecule has 1 aromatic heterocycles. The Balaban J connectivity index is 2.00. The average Bonchev–Trinajstić information content (AvgIpc) is 2.91. The number of methoxy groups -OCH3 is 1. The van der Waals surface area contributed by atoms with E-state index in [-0.39, 0.29) is 12.1 Å². The van der Waals surface area contributed by atoms with E-state index < -0.39 is 0 Å². The second-order valence-electron chi connectivity index (χ2n) is 6.10. The highest BCUT2D eigenvalue weighted by Gasteiger charge is 2.31. The molecule has 1 aliphatic rings. The van der Waals surface area contributed by atoms with Crippen LogP contribution in [0.15, 0.2) is 4.52 Å². The van der Waals surface area contributed by atoms with Crippen LogP contribution in [0.1, 0.15) is 38.0 Å². The van der Waals surface area contributed by atoms with E-state index in [1.807, 2.05) is 14.0 Å². The Morgan fingerprint density at radius 1 is 1.43 bits per heavy atom. The molecule has 1 aliphatic heterocycles. The number of aryl methyl sites for hydroxylation is 1. The molecule has 120 valence electrons. The number of aromatic nitrogens is 2. The van der Waals surface area contributed by atoms with E-state index in [0.717, 1.165) is 38.5 Å². The lowest BCUT2D eigenvalue weighted by atomic mass is 10.0. The van der Waals surface area contributed by atoms with Crippen molar-refractivity contribution >= 4 is 0 Å². The second-order valence-corrected chi connectivity index (χ2v) is 6.10. The summed E-state index contributed by atoms with van der Waals surface area (Å²) in [6, 6.07) is 0.175. The van der Waals surface area contributed by atoms with Crippen LogP contribution in [0.2, 0.25) is 0 Å². The smallest absolute Gasteiger partial charge is 0.245 e. The lowest BCUT2D eigenvalue weighted by Crippen LogP contribution is -2.49. The maximum atomic E-state index is 5.67. The predicted molar refractivity (Wildman–Crippen MR) is 81.1 cm³/mol. The third-order valence-electron chi connectivity index (χ3n) is 4.58. The topological polar surface area (TPSA) is 54.6 Å². The fraction of sp³-hybridized carbons (Fsp3) is 0.867. The summed E-state index contributed by atoms with van der Waals surface area (Å²) < 4.78 is 11.0. The van der Waals surface area contributed by atoms with E-state index in [4.69, 9.17) is 9.26 Å². The predicted octanol–water partition coefficient (Wildman–Crippen LogP) is 1.73. The van der Waals surface area contributed by atoms with Crippen molar-refractivity contribution in [1.29, 1.82) is 0 Å². The maximum Gasteiger partial charge on any atom is 0.245 e. The van der Waals surface area contributed by atoms with Crippen molar-refractivity contribution in [1.82, 2.24) is 19.9 Å². The van der Waals surface area contributed by atoms with Crippen molar-refractivity contribution < 1.29 is 9.26 Å². The van der Waals surface area contributed by atoms with E-state index in [0.29, 0.717) is 11.7 Å². The Labute approximate surface area is 127 Å². The number of nitrogens with zero attached hydrogens (tertiary/aromatic N) is 4. The molecule has 1 fully saturated rings. The SMILES string of the molecule is CC[C@H](C)[C@@H](CN1CCN(C)[C@H](c2nc(C)no2)C1)OC. The van der Waals surface area contributed by atoms with Gasteiger partial charge in [-0.3, -0.25) is 9.80 Å². The summed E-state index contributed by atoms with van der Waals surface area (Å²) in [5.41, 5.74) is 0. The summed E-state index contributed by atoms with van der Waals surface area (Å²) in [7, 11) is 3.93. The normalized spacial score (nSPS) is 24.1. The van der Waals surface area contributed by atoms with Gasteiger partial charge >= 0.3 is 0 Å². The molecule has 0 bridgehead atoms. The molecule has 1 saturated heterocycles. The zero-order chi connectivity index (χ0) is 15.4. The Morgan fingerprint density at radius 3 is 2.76 bits per heavy atom. The number of rotatable bonds is 6. The molecule has 0 spiro atoms. The van der Waals surface area contributed by atoms with E-state index in [1.54, 1.807) is 0 Å². The molecule has 0 amide bonds. The quantitative estimate of drug-likeness (QED) is 0.797. The van der Waals surface area contributed by atoms with E-state index in [2.05, 4.69) is 40.8 Å². The molecule has 0 N–H and O–H groups in total. The first-order valence-corrected chi connectivity index (χ1v) is 7.80. The molecule has 2 rings (SSSR count). The third kappa shape index (κ3) is 4.02. The monoisotopic (exact) mass is 296 g/mol. The summed E-state index contributed by atoms with van der Waals surface area (Å²) in [5.74, 6) is 1.99. The minimum atomic E-state index is 0.175. The Hall–Kier alpha value is -0.980. The van der Waals surface area contributed by atoms with Gasteiger partial charge in [-0.2, -0.15) is 4.98 Å². The minimum Gasteiger partial charge on any atom is -0.380 e. The van der Waals surface area contributed by atoms with Gasteiger partial charge in [-0.25, -0.2) is 0 Å². The molecular weight excluding hydrogens is 268 g/mol. The molecule has 0 unspecified atom stereocenters. The van der Waals surface area contributed by atoms with Crippen molar-refractivity contribution in [3.05, 3.63) is 11.7 Å². The molecule has 1 aromatic rings. The fourth-order valence-corrected chi connectivity index (χ4v) is 2.82. The van der Waals surface area contributed by atoms with Gasteiger partial charge in [-0.1, -0.05) is 25.4 Å². The van der Waals surface area contributed by atoms with Gasteiger partial charge < -0.3 is 9.26 Å². The van der Waals surface area contributed by atoms with Crippen LogP contribution in [0.4, 0.5) is 0 Å². The molecule has 0 aliphatic carbocycles. The second kappa shape index (κ2) is 7.33. The number of piperazine rings is 1. The largest absolute Gasteiger partial charge is 0.380 e. The van der Waals surface area contributed by atoms with Gasteiger partial charge in [0.1, 0.15) is 6.04 Å². The third-order valence-corrected chi connectivity index (χ3v) is 4.58. The lowest BCUT2D eigenvalue weighted by Gasteiger charge is -2.39. The Morgan fingerprint density at radius 2 is 2.19 bits per heavy atom. The molecule has 0 radical (unpaired) electrons. The van der Waals surface area contributed by atoms with E-state index >= 15 is 0 Å². The van der Waals surface area contributed by atoms with Crippen LogP contribution < -0.4 is 0 Å². The number of ether oxygens (including phenoxy) is 1. The van der Waals surface area contributed by atoms with Gasteiger partial charge in [0.2, 0.25) is 5.89 Å². The van der Waals surface area contributed by atoms with Crippen LogP contribution in [0.5, 0.6) is 0 Å². The molecule has 6 heteroatoms. The molecule has 6 nitrogen and oxygen atoms in total. The fourth-order valence-electron chi connectivity index (χ4n) is 2.82. The molecular formula is C15H28N4O2. The van der Waals surface area contributed by atoms with E-state index in [9.17, 15) is 0 Å². The van der Waals surface area contributed by atoms with Crippen LogP contribution >= 0.6 is 0 Å². The van der Waals surface area contributed by atoms with Gasteiger partial charge in [-0.05, 0) is 19.9 Å². The van der Waals surface area contributed by atoms with Crippen molar-refractivity contribution in [2.24, 2.45) is 5.92 Å². The summed E-state index contributed by atoms with van der Waals surface area (Å²) >= 11 is 0. The number of hydrogen-bond donors (Lipinski definition) is 0. The van der Waals surface area contributed by atoms with Gasteiger partial charge in [0, 0.05) is 33.3 Å². The molecule has 2 heterocycles. The van der Waals surface area contributed by atoms with Gasteiger partial charge in [0.25, 0.3) is 0 Å². The van der Waals surface area contributed by atoms with Crippen molar-refractivity contribution in [2.75, 3.05) is 40.3 Å². The van der Waals surface area contributed by atoms with Crippen molar-refractivity contribution in [3.63, 3.8) is 0 Å². The standard InChI is InChI=1S/C15H28N4O2/c1-6-11(2)14(20-5)10-19-8-7-18(4)13(9-19)15-16-12(3)17-21-15/h11,13-14H,6-10H2,1-5H3/t11-,13-,14+/m0/s1. The summed E-state index contributed by atoms with van der Waals surface area (Å²) in [6.07, 6.45) is 1.42. The lowest BCUT2D eigenvalue weighted by molar-refractivity contribution is -0.00139. The van der Waals surface area contributed by atoms with Crippen LogP contribution in [-0.4, -0.2) is 66.4 Å². The average molecular weight is 296 g/mol. The first-order valence-electron chi connectivity index (χ1n) is 7.80. The molecule has 3 atom stereocenters. The van der Waals surface area contributed by atoms with Gasteiger partial charge in [0.15, 0.2) is 5.82 Å². The molecule has 0 saturated carbocycles. The van der Waals surface area contributed by atoms with Crippen LogP contribution in [0.3, 0.4) is 0 Å². The van der Waals surface area contributed by atoms with Crippen molar-refractivity contribution in [3.8, 4) is 0 Å². The zero-order valence-corrected chi connectivity index (χ0v) is 13.9. The summed E-state index contributed by atoms with van der Waals surface area (Å²) in [4.78, 5) is 9.13. The molecule has 0 aromatic carbocycles. The highest BCUT2D eigenvalue weighted by molar-refractivity contribution is 4.96. The summed E-state index contributed by atoms with van der Waals surface area (Å²) in [6.45, 7) is 10.3. The minimum absolute atomic E-state index is 0.175. The summed E-state index contributed by atoms with van der Waals surface area (Å²) in [5, 5.41) is 3.91. The number of likely N-dealkylation sites (N-methyl/N-ethyl adjacent to an activating group) is 1. The number of hydrogen-bond acceptors (Lipinski definition) is 6. The Bertz CT molecular complexity index is 437.